The molecule has 2 aromatic rings. The topological polar surface area (TPSA) is 35.5 Å². The van der Waals surface area contributed by atoms with Gasteiger partial charge in [-0.2, -0.15) is 0 Å². The average Bonchev–Trinajstić information content (AvgIpc) is 2.47. The van der Waals surface area contributed by atoms with Crippen LogP contribution in [-0.4, -0.2) is 19.0 Å². The number of hydrogen-bond donors (Lipinski definition) is 0. The molecule has 0 spiro atoms. The largest absolute Gasteiger partial charge is 0.493 e. The molecule has 0 bridgehead atoms. The number of ketones is 1. The Kier molecular flexibility index (Phi) is 4.71. The predicted molar refractivity (Wildman–Crippen MR) is 73.8 cm³/mol. The van der Waals surface area contributed by atoms with Gasteiger partial charge in [-0.15, -0.1) is 0 Å². The normalized spacial score (nSPS) is 10.1. The van der Waals surface area contributed by atoms with Crippen molar-refractivity contribution in [1.82, 2.24) is 0 Å². The lowest BCUT2D eigenvalue weighted by Gasteiger charge is -2.10. The second-order valence-electron chi connectivity index (χ2n) is 4.07. The second kappa shape index (κ2) is 6.70. The minimum Gasteiger partial charge on any atom is -0.493 e. The molecule has 0 aliphatic carbocycles. The number of halogens is 1. The fourth-order valence-electron chi connectivity index (χ4n) is 1.76. The highest BCUT2D eigenvalue weighted by Gasteiger charge is 2.13. The summed E-state index contributed by atoms with van der Waals surface area (Å²) in [5.74, 6) is -0.164. The van der Waals surface area contributed by atoms with Crippen LogP contribution in [0.4, 0.5) is 4.39 Å². The third-order valence-electron chi connectivity index (χ3n) is 2.68. The first-order chi connectivity index (χ1) is 9.72. The van der Waals surface area contributed by atoms with E-state index in [0.29, 0.717) is 17.9 Å². The highest BCUT2D eigenvalue weighted by Crippen LogP contribution is 2.20. The maximum absolute atomic E-state index is 13.4. The molecule has 20 heavy (non-hydrogen) atoms. The summed E-state index contributed by atoms with van der Waals surface area (Å²) in [5, 5.41) is 0. The molecule has 0 unspecified atom stereocenters. The third-order valence-corrected chi connectivity index (χ3v) is 2.68. The van der Waals surface area contributed by atoms with E-state index in [1.54, 1.807) is 36.4 Å². The van der Waals surface area contributed by atoms with Gasteiger partial charge >= 0.3 is 0 Å². The van der Waals surface area contributed by atoms with Crippen LogP contribution in [0.3, 0.4) is 0 Å². The van der Waals surface area contributed by atoms with E-state index >= 15 is 0 Å². The zero-order valence-corrected chi connectivity index (χ0v) is 11.1. The van der Waals surface area contributed by atoms with Gasteiger partial charge in [-0.05, 0) is 31.2 Å². The molecule has 0 saturated heterocycles. The summed E-state index contributed by atoms with van der Waals surface area (Å²) in [6, 6.07) is 12.9. The molecule has 2 aromatic carbocycles. The van der Waals surface area contributed by atoms with Gasteiger partial charge in [-0.1, -0.05) is 24.3 Å². The fraction of sp³-hybridized carbons (Fsp3) is 0.188. The van der Waals surface area contributed by atoms with Gasteiger partial charge in [0.2, 0.25) is 5.78 Å². The molecule has 0 aliphatic rings. The molecule has 3 nitrogen and oxygen atoms in total. The van der Waals surface area contributed by atoms with Crippen molar-refractivity contribution in [1.29, 1.82) is 0 Å². The first kappa shape index (κ1) is 14.1. The lowest BCUT2D eigenvalue weighted by atomic mass is 10.1. The third kappa shape index (κ3) is 3.35. The van der Waals surface area contributed by atoms with Gasteiger partial charge in [0.05, 0.1) is 12.2 Å². The van der Waals surface area contributed by atoms with Crippen LogP contribution in [0.1, 0.15) is 17.3 Å². The Bertz CT molecular complexity index is 596. The molecule has 0 N–H and O–H groups in total. The quantitative estimate of drug-likeness (QED) is 0.756. The molecule has 104 valence electrons. The molecule has 0 aromatic heterocycles. The number of hydrogen-bond acceptors (Lipinski definition) is 3. The van der Waals surface area contributed by atoms with Crippen molar-refractivity contribution in [3.63, 3.8) is 0 Å². The summed E-state index contributed by atoms with van der Waals surface area (Å²) in [7, 11) is 0. The van der Waals surface area contributed by atoms with Gasteiger partial charge in [0, 0.05) is 0 Å². The number of rotatable bonds is 6. The van der Waals surface area contributed by atoms with Crippen molar-refractivity contribution < 1.29 is 18.7 Å². The van der Waals surface area contributed by atoms with Crippen LogP contribution in [-0.2, 0) is 0 Å². The second-order valence-corrected chi connectivity index (χ2v) is 4.07. The van der Waals surface area contributed by atoms with Crippen molar-refractivity contribution in [2.75, 3.05) is 13.2 Å². The fourth-order valence-corrected chi connectivity index (χ4v) is 1.76. The van der Waals surface area contributed by atoms with Crippen LogP contribution in [0, 0.1) is 5.82 Å². The van der Waals surface area contributed by atoms with E-state index < -0.39 is 5.82 Å². The van der Waals surface area contributed by atoms with E-state index in [1.807, 2.05) is 6.92 Å². The number of benzene rings is 2. The summed E-state index contributed by atoms with van der Waals surface area (Å²) < 4.78 is 24.0. The van der Waals surface area contributed by atoms with E-state index in [-0.39, 0.29) is 18.1 Å². The van der Waals surface area contributed by atoms with Gasteiger partial charge in [-0.25, -0.2) is 4.39 Å². The Morgan fingerprint density at radius 1 is 1.00 bits per heavy atom. The van der Waals surface area contributed by atoms with Gasteiger partial charge in [0.25, 0.3) is 0 Å². The number of ether oxygens (including phenoxy) is 2. The Hall–Kier alpha value is -2.36. The van der Waals surface area contributed by atoms with Crippen molar-refractivity contribution in [3.05, 3.63) is 59.9 Å². The van der Waals surface area contributed by atoms with Gasteiger partial charge < -0.3 is 9.47 Å². The van der Waals surface area contributed by atoms with Gasteiger partial charge in [0.15, 0.2) is 18.2 Å². The maximum atomic E-state index is 13.4. The van der Waals surface area contributed by atoms with E-state index in [1.165, 1.54) is 12.1 Å². The zero-order valence-electron chi connectivity index (χ0n) is 11.1. The monoisotopic (exact) mass is 274 g/mol. The molecule has 0 fully saturated rings. The standard InChI is InChI=1S/C16H15FO3/c1-2-19-15-9-5-3-7-12(15)14(18)11-20-16-10-6-4-8-13(16)17/h3-10H,2,11H2,1H3. The number of Topliss-reactive ketones (excluding diaryl/α,β-unsaturated/α-hetero) is 1. The molecular formula is C16H15FO3. The molecule has 0 radical (unpaired) electrons. The van der Waals surface area contributed by atoms with Crippen LogP contribution in [0.25, 0.3) is 0 Å². The summed E-state index contributed by atoms with van der Waals surface area (Å²) in [6.07, 6.45) is 0. The number of carbonyl (C=O) groups is 1. The highest BCUT2D eigenvalue weighted by molar-refractivity contribution is 5.99. The molecular weight excluding hydrogens is 259 g/mol. The van der Waals surface area contributed by atoms with E-state index in [2.05, 4.69) is 0 Å². The lowest BCUT2D eigenvalue weighted by Crippen LogP contribution is -2.13. The number of para-hydroxylation sites is 2. The van der Waals surface area contributed by atoms with Crippen LogP contribution in [0.2, 0.25) is 0 Å². The molecule has 0 saturated carbocycles. The molecule has 0 aliphatic heterocycles. The van der Waals surface area contributed by atoms with Gasteiger partial charge in [-0.3, -0.25) is 4.79 Å². The lowest BCUT2D eigenvalue weighted by molar-refractivity contribution is 0.0915. The maximum Gasteiger partial charge on any atom is 0.203 e. The number of carbonyl (C=O) groups excluding carboxylic acids is 1. The molecule has 0 atom stereocenters. The molecule has 0 amide bonds. The minimum absolute atomic E-state index is 0.0646. The molecule has 2 rings (SSSR count). The minimum atomic E-state index is -0.488. The van der Waals surface area contributed by atoms with Crippen molar-refractivity contribution in [2.24, 2.45) is 0 Å². The predicted octanol–water partition coefficient (Wildman–Crippen LogP) is 3.49. The Morgan fingerprint density at radius 3 is 2.35 bits per heavy atom. The van der Waals surface area contributed by atoms with E-state index in [0.717, 1.165) is 0 Å². The van der Waals surface area contributed by atoms with Gasteiger partial charge in [0.1, 0.15) is 5.75 Å². The first-order valence-corrected chi connectivity index (χ1v) is 6.34. The Morgan fingerprint density at radius 2 is 1.65 bits per heavy atom. The highest BCUT2D eigenvalue weighted by atomic mass is 19.1. The summed E-state index contributed by atoms with van der Waals surface area (Å²) in [6.45, 7) is 2.08. The van der Waals surface area contributed by atoms with Crippen LogP contribution >= 0.6 is 0 Å². The van der Waals surface area contributed by atoms with Crippen LogP contribution in [0.5, 0.6) is 11.5 Å². The van der Waals surface area contributed by atoms with E-state index in [9.17, 15) is 9.18 Å². The zero-order chi connectivity index (χ0) is 14.4. The van der Waals surface area contributed by atoms with Crippen LogP contribution < -0.4 is 9.47 Å². The van der Waals surface area contributed by atoms with Crippen molar-refractivity contribution >= 4 is 5.78 Å². The van der Waals surface area contributed by atoms with Crippen molar-refractivity contribution in [2.45, 2.75) is 6.92 Å². The Balaban J connectivity index is 2.07. The first-order valence-electron chi connectivity index (χ1n) is 6.34. The molecule has 4 heteroatoms. The SMILES string of the molecule is CCOc1ccccc1C(=O)COc1ccccc1F. The van der Waals surface area contributed by atoms with Crippen molar-refractivity contribution in [3.8, 4) is 11.5 Å². The summed E-state index contributed by atoms with van der Waals surface area (Å²) in [4.78, 5) is 12.1. The Labute approximate surface area is 117 Å². The molecule has 0 heterocycles. The summed E-state index contributed by atoms with van der Waals surface area (Å²) >= 11 is 0. The smallest absolute Gasteiger partial charge is 0.203 e. The summed E-state index contributed by atoms with van der Waals surface area (Å²) in [5.41, 5.74) is 0.436. The van der Waals surface area contributed by atoms with Crippen LogP contribution in [0.15, 0.2) is 48.5 Å². The average molecular weight is 274 g/mol. The van der Waals surface area contributed by atoms with E-state index in [4.69, 9.17) is 9.47 Å².